The molecule has 138 valence electrons. The zero-order valence-electron chi connectivity index (χ0n) is 14.3. The molecule has 0 fully saturated rings. The van der Waals surface area contributed by atoms with Gasteiger partial charge in [-0.05, 0) is 30.0 Å². The Morgan fingerprint density at radius 3 is 2.11 bits per heavy atom. The predicted octanol–water partition coefficient (Wildman–Crippen LogP) is 5.83. The van der Waals surface area contributed by atoms with Gasteiger partial charge in [-0.1, -0.05) is 65.7 Å². The van der Waals surface area contributed by atoms with E-state index in [4.69, 9.17) is 32.7 Å². The molecule has 0 spiro atoms. The van der Waals surface area contributed by atoms with E-state index in [0.717, 1.165) is 10.8 Å². The topological polar surface area (TPSA) is 52.6 Å². The van der Waals surface area contributed by atoms with E-state index in [-0.39, 0.29) is 23.6 Å². The summed E-state index contributed by atoms with van der Waals surface area (Å²) in [5, 5.41) is 2.34. The second-order valence-corrected chi connectivity index (χ2v) is 6.62. The summed E-state index contributed by atoms with van der Waals surface area (Å²) in [6.07, 6.45) is 0.468. The van der Waals surface area contributed by atoms with Gasteiger partial charge in [0.1, 0.15) is 10.8 Å². The standard InChI is InChI=1S/C21H16Cl2O4/c22-16-9-4-11-18(21(16)23)27-20(25)13-5-12-19(24)26-17-10-3-7-14-6-1-2-8-15(14)17/h1-4,6-11H,5,12-13H2. The number of rotatable bonds is 6. The first-order valence-electron chi connectivity index (χ1n) is 8.38. The van der Waals surface area contributed by atoms with Crippen molar-refractivity contribution in [1.29, 1.82) is 0 Å². The van der Waals surface area contributed by atoms with E-state index < -0.39 is 11.9 Å². The second kappa shape index (κ2) is 8.89. The smallest absolute Gasteiger partial charge is 0.311 e. The van der Waals surface area contributed by atoms with Crippen LogP contribution in [0.3, 0.4) is 0 Å². The Hall–Kier alpha value is -2.56. The highest BCUT2D eigenvalue weighted by Gasteiger charge is 2.13. The van der Waals surface area contributed by atoms with E-state index in [1.807, 2.05) is 36.4 Å². The number of carbonyl (C=O) groups excluding carboxylic acids is 2. The Morgan fingerprint density at radius 1 is 0.741 bits per heavy atom. The first-order valence-corrected chi connectivity index (χ1v) is 9.13. The number of carbonyl (C=O) groups is 2. The summed E-state index contributed by atoms with van der Waals surface area (Å²) in [5.74, 6) is -0.184. The number of ether oxygens (including phenoxy) is 2. The lowest BCUT2D eigenvalue weighted by molar-refractivity contribution is -0.135. The largest absolute Gasteiger partial charge is 0.426 e. The maximum absolute atomic E-state index is 12.1. The van der Waals surface area contributed by atoms with E-state index in [0.29, 0.717) is 17.2 Å². The molecule has 0 heterocycles. The molecule has 0 saturated carbocycles. The fraction of sp³-hybridized carbons (Fsp3) is 0.143. The summed E-state index contributed by atoms with van der Waals surface area (Å²) in [4.78, 5) is 24.0. The average molecular weight is 403 g/mol. The minimum absolute atomic E-state index is 0.0630. The maximum atomic E-state index is 12.1. The Bertz CT molecular complexity index is 980. The van der Waals surface area contributed by atoms with Crippen LogP contribution in [0.25, 0.3) is 10.8 Å². The molecule has 0 radical (unpaired) electrons. The van der Waals surface area contributed by atoms with Gasteiger partial charge in [0.05, 0.1) is 5.02 Å². The van der Waals surface area contributed by atoms with Gasteiger partial charge in [0.25, 0.3) is 0 Å². The number of hydrogen-bond acceptors (Lipinski definition) is 4. The van der Waals surface area contributed by atoms with Gasteiger partial charge in [-0.15, -0.1) is 0 Å². The predicted molar refractivity (Wildman–Crippen MR) is 106 cm³/mol. The number of fused-ring (bicyclic) bond motifs is 1. The molecule has 0 unspecified atom stereocenters. The van der Waals surface area contributed by atoms with Crippen LogP contribution < -0.4 is 9.47 Å². The van der Waals surface area contributed by atoms with Crippen LogP contribution in [0.5, 0.6) is 11.5 Å². The van der Waals surface area contributed by atoms with Crippen LogP contribution in [0.15, 0.2) is 60.7 Å². The van der Waals surface area contributed by atoms with Gasteiger partial charge in [-0.25, -0.2) is 0 Å². The SMILES string of the molecule is O=C(CCCC(=O)Oc1cccc2ccccc12)Oc1cccc(Cl)c1Cl. The minimum atomic E-state index is -0.489. The van der Waals surface area contributed by atoms with Crippen LogP contribution in [0, 0.1) is 0 Å². The molecule has 4 nitrogen and oxygen atoms in total. The van der Waals surface area contributed by atoms with Crippen molar-refractivity contribution in [3.8, 4) is 11.5 Å². The minimum Gasteiger partial charge on any atom is -0.426 e. The summed E-state index contributed by atoms with van der Waals surface area (Å²) >= 11 is 11.9. The van der Waals surface area contributed by atoms with Gasteiger partial charge in [-0.3, -0.25) is 9.59 Å². The number of esters is 2. The number of hydrogen-bond donors (Lipinski definition) is 0. The molecule has 6 heteroatoms. The molecule has 0 N–H and O–H groups in total. The van der Waals surface area contributed by atoms with Crippen molar-refractivity contribution in [3.63, 3.8) is 0 Å². The fourth-order valence-corrected chi connectivity index (χ4v) is 2.90. The van der Waals surface area contributed by atoms with Gasteiger partial charge >= 0.3 is 11.9 Å². The summed E-state index contributed by atoms with van der Waals surface area (Å²) in [6, 6.07) is 18.0. The van der Waals surface area contributed by atoms with Crippen LogP contribution in [-0.4, -0.2) is 11.9 Å². The average Bonchev–Trinajstić information content (AvgIpc) is 2.66. The van der Waals surface area contributed by atoms with Crippen molar-refractivity contribution in [2.24, 2.45) is 0 Å². The van der Waals surface area contributed by atoms with Crippen molar-refractivity contribution in [2.75, 3.05) is 0 Å². The lowest BCUT2D eigenvalue weighted by Gasteiger charge is -2.08. The lowest BCUT2D eigenvalue weighted by Crippen LogP contribution is -2.12. The second-order valence-electron chi connectivity index (χ2n) is 5.83. The molecule has 3 rings (SSSR count). The fourth-order valence-electron chi connectivity index (χ4n) is 2.57. The van der Waals surface area contributed by atoms with E-state index in [2.05, 4.69) is 0 Å². The molecule has 0 aliphatic carbocycles. The molecule has 27 heavy (non-hydrogen) atoms. The number of benzene rings is 3. The summed E-state index contributed by atoms with van der Waals surface area (Å²) in [5.41, 5.74) is 0. The third-order valence-electron chi connectivity index (χ3n) is 3.88. The monoisotopic (exact) mass is 402 g/mol. The molecule has 0 atom stereocenters. The van der Waals surface area contributed by atoms with Crippen molar-refractivity contribution in [3.05, 3.63) is 70.7 Å². The van der Waals surface area contributed by atoms with Gasteiger partial charge < -0.3 is 9.47 Å². The maximum Gasteiger partial charge on any atom is 0.311 e. The molecule has 0 amide bonds. The Labute approximate surface area is 166 Å². The molecular formula is C21H16Cl2O4. The highest BCUT2D eigenvalue weighted by Crippen LogP contribution is 2.31. The van der Waals surface area contributed by atoms with Crippen LogP contribution in [0.2, 0.25) is 10.0 Å². The number of halogens is 2. The molecule has 3 aromatic carbocycles. The van der Waals surface area contributed by atoms with E-state index in [1.54, 1.807) is 24.3 Å². The van der Waals surface area contributed by atoms with Crippen LogP contribution in [0.4, 0.5) is 0 Å². The molecule has 0 saturated heterocycles. The highest BCUT2D eigenvalue weighted by atomic mass is 35.5. The van der Waals surface area contributed by atoms with Gasteiger partial charge in [-0.2, -0.15) is 0 Å². The van der Waals surface area contributed by atoms with Gasteiger partial charge in [0.2, 0.25) is 0 Å². The third-order valence-corrected chi connectivity index (χ3v) is 4.68. The third kappa shape index (κ3) is 5.00. The molecule has 0 aliphatic heterocycles. The molecule has 3 aromatic rings. The normalized spacial score (nSPS) is 10.6. The van der Waals surface area contributed by atoms with Gasteiger partial charge in [0, 0.05) is 18.2 Å². The first-order chi connectivity index (χ1) is 13.0. The molecule has 0 aliphatic rings. The Balaban J connectivity index is 1.50. The Morgan fingerprint density at radius 2 is 1.33 bits per heavy atom. The van der Waals surface area contributed by atoms with Crippen molar-refractivity contribution >= 4 is 45.9 Å². The summed E-state index contributed by atoms with van der Waals surface area (Å²) in [7, 11) is 0. The Kier molecular flexibility index (Phi) is 6.32. The lowest BCUT2D eigenvalue weighted by atomic mass is 10.1. The molecule has 0 bridgehead atoms. The van der Waals surface area contributed by atoms with E-state index >= 15 is 0 Å². The molecule has 0 aromatic heterocycles. The van der Waals surface area contributed by atoms with Crippen molar-refractivity contribution in [2.45, 2.75) is 19.3 Å². The van der Waals surface area contributed by atoms with Crippen LogP contribution in [-0.2, 0) is 9.59 Å². The van der Waals surface area contributed by atoms with Gasteiger partial charge in [0.15, 0.2) is 5.75 Å². The summed E-state index contributed by atoms with van der Waals surface area (Å²) < 4.78 is 10.6. The van der Waals surface area contributed by atoms with Crippen molar-refractivity contribution in [1.82, 2.24) is 0 Å². The zero-order chi connectivity index (χ0) is 19.2. The van der Waals surface area contributed by atoms with E-state index in [1.165, 1.54) is 0 Å². The van der Waals surface area contributed by atoms with Crippen LogP contribution in [0.1, 0.15) is 19.3 Å². The quantitative estimate of drug-likeness (QED) is 0.384. The first kappa shape index (κ1) is 19.2. The van der Waals surface area contributed by atoms with E-state index in [9.17, 15) is 9.59 Å². The summed E-state index contributed by atoms with van der Waals surface area (Å²) in [6.45, 7) is 0. The van der Waals surface area contributed by atoms with Crippen LogP contribution >= 0.6 is 23.2 Å². The molecular weight excluding hydrogens is 387 g/mol. The van der Waals surface area contributed by atoms with Crippen molar-refractivity contribution < 1.29 is 19.1 Å². The zero-order valence-corrected chi connectivity index (χ0v) is 15.8. The highest BCUT2D eigenvalue weighted by molar-refractivity contribution is 6.43.